The third-order valence-corrected chi connectivity index (χ3v) is 7.76. The van der Waals surface area contributed by atoms with Crippen molar-refractivity contribution in [1.82, 2.24) is 10.2 Å². The van der Waals surface area contributed by atoms with E-state index >= 15 is 0 Å². The molecule has 2 unspecified atom stereocenters. The summed E-state index contributed by atoms with van der Waals surface area (Å²) < 4.78 is 5.93. The fourth-order valence-electron chi connectivity index (χ4n) is 5.70. The molecule has 2 aliphatic rings. The van der Waals surface area contributed by atoms with Gasteiger partial charge in [0.15, 0.2) is 0 Å². The van der Waals surface area contributed by atoms with E-state index in [4.69, 9.17) is 4.42 Å². The fraction of sp³-hybridized carbons (Fsp3) is 0.423. The zero-order chi connectivity index (χ0) is 24.0. The molecule has 34 heavy (non-hydrogen) atoms. The van der Waals surface area contributed by atoms with Crippen molar-refractivity contribution >= 4 is 52.4 Å². The molecule has 2 N–H and O–H groups in total. The first-order valence-electron chi connectivity index (χ1n) is 11.8. The number of rotatable bonds is 6. The van der Waals surface area contributed by atoms with E-state index < -0.39 is 22.8 Å². The number of fused-ring (bicyclic) bond motifs is 3. The van der Waals surface area contributed by atoms with E-state index in [1.165, 1.54) is 0 Å². The molecule has 7 nitrogen and oxygen atoms in total. The van der Waals surface area contributed by atoms with Gasteiger partial charge in [-0.25, -0.2) is 4.79 Å². The number of para-hydroxylation sites is 1. The van der Waals surface area contributed by atoms with Crippen LogP contribution in [0.2, 0.25) is 0 Å². The number of aliphatic carboxylic acids is 1. The number of benzene rings is 2. The Balaban J connectivity index is 1.40. The van der Waals surface area contributed by atoms with Crippen LogP contribution in [0.5, 0.6) is 0 Å². The molecule has 2 amide bonds. The molecule has 0 bridgehead atoms. The summed E-state index contributed by atoms with van der Waals surface area (Å²) in [4.78, 5) is 40.2. The van der Waals surface area contributed by atoms with E-state index in [0.717, 1.165) is 34.8 Å². The summed E-state index contributed by atoms with van der Waals surface area (Å²) in [5.41, 5.74) is 1.19. The van der Waals surface area contributed by atoms with E-state index in [0.29, 0.717) is 24.8 Å². The minimum absolute atomic E-state index is 0.113. The van der Waals surface area contributed by atoms with Gasteiger partial charge in [0.2, 0.25) is 11.8 Å². The predicted molar refractivity (Wildman–Crippen MR) is 132 cm³/mol. The summed E-state index contributed by atoms with van der Waals surface area (Å²) in [5, 5.41) is 14.2. The van der Waals surface area contributed by atoms with Crippen LogP contribution in [0.4, 0.5) is 0 Å². The Kier molecular flexibility index (Phi) is 5.80. The molecule has 1 saturated carbocycles. The number of carbonyl (C=O) groups excluding carboxylic acids is 2. The Bertz CT molecular complexity index is 1280. The first kappa shape index (κ1) is 22.8. The summed E-state index contributed by atoms with van der Waals surface area (Å²) >= 11 is 4.39. The van der Waals surface area contributed by atoms with Crippen LogP contribution in [0.25, 0.3) is 21.9 Å². The van der Waals surface area contributed by atoms with E-state index in [9.17, 15) is 19.5 Å². The van der Waals surface area contributed by atoms with Gasteiger partial charge < -0.3 is 19.7 Å². The third kappa shape index (κ3) is 3.74. The molecule has 8 heteroatoms. The minimum atomic E-state index is -1.12. The van der Waals surface area contributed by atoms with Crippen molar-refractivity contribution in [2.45, 2.75) is 68.3 Å². The molecule has 3 aromatic rings. The average molecular weight is 481 g/mol. The highest BCUT2D eigenvalue weighted by Crippen LogP contribution is 2.41. The van der Waals surface area contributed by atoms with Gasteiger partial charge in [-0.15, -0.1) is 0 Å². The van der Waals surface area contributed by atoms with Crippen LogP contribution in [0, 0.1) is 0 Å². The fourth-order valence-corrected chi connectivity index (χ4v) is 6.13. The summed E-state index contributed by atoms with van der Waals surface area (Å²) in [6.45, 7) is 1.93. The highest BCUT2D eigenvalue weighted by Gasteiger charge is 2.54. The molecular formula is C26H28N2O5S. The lowest BCUT2D eigenvalue weighted by Gasteiger charge is -2.40. The number of hydrogen-bond acceptors (Lipinski definition) is 5. The van der Waals surface area contributed by atoms with Crippen molar-refractivity contribution in [1.29, 1.82) is 0 Å². The third-order valence-electron chi connectivity index (χ3n) is 7.33. The van der Waals surface area contributed by atoms with Gasteiger partial charge in [0.25, 0.3) is 0 Å². The summed E-state index contributed by atoms with van der Waals surface area (Å²) in [7, 11) is 0. The van der Waals surface area contributed by atoms with Crippen LogP contribution in [0.15, 0.2) is 46.9 Å². The van der Waals surface area contributed by atoms with Crippen LogP contribution in [-0.2, 0) is 20.8 Å². The lowest BCUT2D eigenvalue weighted by atomic mass is 9.91. The highest BCUT2D eigenvalue weighted by molar-refractivity contribution is 7.81. The Hall–Kier alpha value is -3.00. The zero-order valence-electron chi connectivity index (χ0n) is 19.0. The molecule has 0 radical (unpaired) electrons. The number of thiol groups is 1. The average Bonchev–Trinajstić information content (AvgIpc) is 3.49. The van der Waals surface area contributed by atoms with Gasteiger partial charge in [-0.3, -0.25) is 9.59 Å². The van der Waals surface area contributed by atoms with Crippen LogP contribution >= 0.6 is 12.6 Å². The smallest absolute Gasteiger partial charge is 0.326 e. The maximum absolute atomic E-state index is 13.6. The van der Waals surface area contributed by atoms with Gasteiger partial charge in [-0.1, -0.05) is 43.2 Å². The van der Waals surface area contributed by atoms with Gasteiger partial charge in [0.05, 0.1) is 5.25 Å². The van der Waals surface area contributed by atoms with Crippen LogP contribution in [-0.4, -0.2) is 50.7 Å². The van der Waals surface area contributed by atoms with Crippen LogP contribution in [0.3, 0.4) is 0 Å². The summed E-state index contributed by atoms with van der Waals surface area (Å²) in [6, 6.07) is 12.1. The Labute approximate surface area is 202 Å². The van der Waals surface area contributed by atoms with Gasteiger partial charge >= 0.3 is 5.97 Å². The second-order valence-electron chi connectivity index (χ2n) is 9.54. The Morgan fingerprint density at radius 3 is 2.56 bits per heavy atom. The predicted octanol–water partition coefficient (Wildman–Crippen LogP) is 3.93. The van der Waals surface area contributed by atoms with E-state index in [-0.39, 0.29) is 24.3 Å². The second-order valence-corrected chi connectivity index (χ2v) is 10.2. The SMILES string of the molecule is CC1C[C@H](S)C(=O)N1C1(C(=O)NC(Cc2ccc3c(c2)oc2ccccc23)C(=O)O)CCCC1. The van der Waals surface area contributed by atoms with Crippen LogP contribution < -0.4 is 5.32 Å². The molecular weight excluding hydrogens is 452 g/mol. The molecule has 1 aromatic heterocycles. The van der Waals surface area contributed by atoms with Crippen molar-refractivity contribution in [3.63, 3.8) is 0 Å². The largest absolute Gasteiger partial charge is 0.480 e. The highest BCUT2D eigenvalue weighted by atomic mass is 32.1. The number of likely N-dealkylation sites (tertiary alicyclic amines) is 1. The van der Waals surface area contributed by atoms with Gasteiger partial charge in [-0.2, -0.15) is 12.6 Å². The lowest BCUT2D eigenvalue weighted by Crippen LogP contribution is -2.62. The zero-order valence-corrected chi connectivity index (χ0v) is 19.9. The van der Waals surface area contributed by atoms with Crippen molar-refractivity contribution in [3.05, 3.63) is 48.0 Å². The molecule has 2 fully saturated rings. The molecule has 178 valence electrons. The van der Waals surface area contributed by atoms with Gasteiger partial charge in [0, 0.05) is 23.2 Å². The summed E-state index contributed by atoms with van der Waals surface area (Å²) in [5.74, 6) is -1.64. The van der Waals surface area contributed by atoms with Crippen molar-refractivity contribution in [2.24, 2.45) is 0 Å². The lowest BCUT2D eigenvalue weighted by molar-refractivity contribution is -0.149. The minimum Gasteiger partial charge on any atom is -0.480 e. The van der Waals surface area contributed by atoms with Crippen molar-refractivity contribution in [3.8, 4) is 0 Å². The quantitative estimate of drug-likeness (QED) is 0.464. The first-order valence-corrected chi connectivity index (χ1v) is 12.3. The molecule has 1 aliphatic heterocycles. The maximum atomic E-state index is 13.6. The van der Waals surface area contributed by atoms with E-state index in [1.807, 2.05) is 49.4 Å². The van der Waals surface area contributed by atoms with Crippen molar-refractivity contribution < 1.29 is 23.9 Å². The number of carbonyl (C=O) groups is 3. The first-order chi connectivity index (χ1) is 16.3. The number of hydrogen-bond donors (Lipinski definition) is 3. The molecule has 2 aromatic carbocycles. The molecule has 0 spiro atoms. The standard InChI is InChI=1S/C26H28N2O5S/c1-15-12-22(34)23(29)28(15)26(10-4-5-11-26)25(32)27-19(24(30)31)13-16-8-9-18-17-6-2-3-7-20(17)33-21(18)14-16/h2-3,6-9,14-15,19,22,34H,4-5,10-13H2,1H3,(H,27,32)(H,30,31)/t15?,19?,22-/m0/s1. The number of carboxylic acids is 1. The van der Waals surface area contributed by atoms with Crippen LogP contribution in [0.1, 0.15) is 44.6 Å². The number of nitrogens with one attached hydrogen (secondary N) is 1. The Morgan fingerprint density at radius 1 is 1.18 bits per heavy atom. The number of carboxylic acid groups (broad SMARTS) is 1. The van der Waals surface area contributed by atoms with Gasteiger partial charge in [-0.05, 0) is 43.9 Å². The molecule has 2 heterocycles. The molecule has 5 rings (SSSR count). The monoisotopic (exact) mass is 480 g/mol. The topological polar surface area (TPSA) is 99.9 Å². The Morgan fingerprint density at radius 2 is 1.88 bits per heavy atom. The number of furan rings is 1. The molecule has 1 saturated heterocycles. The molecule has 1 aliphatic carbocycles. The summed E-state index contributed by atoms with van der Waals surface area (Å²) in [6.07, 6.45) is 3.41. The van der Waals surface area contributed by atoms with Gasteiger partial charge in [0.1, 0.15) is 22.7 Å². The van der Waals surface area contributed by atoms with E-state index in [2.05, 4.69) is 17.9 Å². The van der Waals surface area contributed by atoms with E-state index in [1.54, 1.807) is 4.90 Å². The normalized spacial score (nSPS) is 23.0. The maximum Gasteiger partial charge on any atom is 0.326 e. The number of nitrogens with zero attached hydrogens (tertiary/aromatic N) is 1. The molecule has 3 atom stereocenters. The number of amides is 2. The second kappa shape index (κ2) is 8.65. The van der Waals surface area contributed by atoms with Crippen molar-refractivity contribution in [2.75, 3.05) is 0 Å².